The van der Waals surface area contributed by atoms with Crippen molar-refractivity contribution in [3.05, 3.63) is 65.5 Å². The zero-order valence-electron chi connectivity index (χ0n) is 14.1. The van der Waals surface area contributed by atoms with Crippen LogP contribution in [-0.4, -0.2) is 41.3 Å². The highest BCUT2D eigenvalue weighted by molar-refractivity contribution is 5.94. The minimum absolute atomic E-state index is 0.0248. The molecular weight excluding hydrogens is 340 g/mol. The molecule has 2 heterocycles. The lowest BCUT2D eigenvalue weighted by Crippen LogP contribution is -2.41. The minimum Gasteiger partial charge on any atom is -0.352 e. The van der Waals surface area contributed by atoms with Crippen molar-refractivity contribution in [3.63, 3.8) is 0 Å². The van der Waals surface area contributed by atoms with Gasteiger partial charge in [-0.15, -0.1) is 0 Å². The maximum Gasteiger partial charge on any atom is 0.254 e. The second kappa shape index (κ2) is 8.03. The monoisotopic (exact) mass is 359 g/mol. The number of hydrogen-bond donors (Lipinski definition) is 1. The van der Waals surface area contributed by atoms with Gasteiger partial charge in [-0.25, -0.2) is 8.78 Å². The van der Waals surface area contributed by atoms with E-state index < -0.39 is 17.5 Å². The summed E-state index contributed by atoms with van der Waals surface area (Å²) >= 11 is 0. The first-order valence-corrected chi connectivity index (χ1v) is 8.47. The highest BCUT2D eigenvalue weighted by atomic mass is 19.1. The third-order valence-electron chi connectivity index (χ3n) is 4.56. The molecule has 2 amide bonds. The van der Waals surface area contributed by atoms with E-state index in [1.165, 1.54) is 0 Å². The molecule has 0 radical (unpaired) electrons. The largest absolute Gasteiger partial charge is 0.352 e. The summed E-state index contributed by atoms with van der Waals surface area (Å²) in [4.78, 5) is 30.1. The Morgan fingerprint density at radius 3 is 2.46 bits per heavy atom. The Morgan fingerprint density at radius 1 is 1.12 bits per heavy atom. The molecule has 0 spiro atoms. The lowest BCUT2D eigenvalue weighted by molar-refractivity contribution is 0.0684. The van der Waals surface area contributed by atoms with E-state index in [2.05, 4.69) is 10.3 Å². The van der Waals surface area contributed by atoms with Crippen molar-refractivity contribution in [2.24, 2.45) is 5.92 Å². The first-order chi connectivity index (χ1) is 12.5. The number of halogens is 2. The smallest absolute Gasteiger partial charge is 0.254 e. The van der Waals surface area contributed by atoms with E-state index in [-0.39, 0.29) is 17.4 Å². The number of pyridine rings is 1. The van der Waals surface area contributed by atoms with E-state index >= 15 is 0 Å². The average molecular weight is 359 g/mol. The van der Waals surface area contributed by atoms with Gasteiger partial charge in [0.1, 0.15) is 11.6 Å². The Hall–Kier alpha value is -2.83. The molecule has 1 saturated heterocycles. The maximum atomic E-state index is 13.6. The molecule has 0 aliphatic carbocycles. The fourth-order valence-electron chi connectivity index (χ4n) is 3.02. The summed E-state index contributed by atoms with van der Waals surface area (Å²) in [6.45, 7) is 1.60. The number of rotatable bonds is 4. The van der Waals surface area contributed by atoms with Crippen molar-refractivity contribution in [2.75, 3.05) is 19.6 Å². The zero-order chi connectivity index (χ0) is 18.5. The van der Waals surface area contributed by atoms with Crippen LogP contribution in [-0.2, 0) is 0 Å². The molecule has 3 rings (SSSR count). The molecule has 1 aliphatic heterocycles. The van der Waals surface area contributed by atoms with Gasteiger partial charge in [0, 0.05) is 43.7 Å². The van der Waals surface area contributed by atoms with Crippen molar-refractivity contribution >= 4 is 11.8 Å². The van der Waals surface area contributed by atoms with E-state index in [4.69, 9.17) is 0 Å². The van der Waals surface area contributed by atoms with Crippen LogP contribution in [0.3, 0.4) is 0 Å². The van der Waals surface area contributed by atoms with Crippen LogP contribution >= 0.6 is 0 Å². The third-order valence-corrected chi connectivity index (χ3v) is 4.56. The molecule has 0 atom stereocenters. The minimum atomic E-state index is -0.875. The van der Waals surface area contributed by atoms with Gasteiger partial charge in [-0.1, -0.05) is 0 Å². The molecule has 1 aromatic heterocycles. The Morgan fingerprint density at radius 2 is 1.81 bits per heavy atom. The van der Waals surface area contributed by atoms with E-state index in [0.717, 1.165) is 25.0 Å². The summed E-state index contributed by atoms with van der Waals surface area (Å²) < 4.78 is 26.5. The summed E-state index contributed by atoms with van der Waals surface area (Å²) in [5.41, 5.74) is 0.440. The number of carbonyl (C=O) groups is 2. The summed E-state index contributed by atoms with van der Waals surface area (Å²) in [6, 6.07) is 6.26. The van der Waals surface area contributed by atoms with Gasteiger partial charge in [-0.2, -0.15) is 0 Å². The summed E-state index contributed by atoms with van der Waals surface area (Å²) in [7, 11) is 0. The third kappa shape index (κ3) is 4.22. The average Bonchev–Trinajstić information content (AvgIpc) is 2.66. The Bertz CT molecular complexity index is 791. The molecule has 1 fully saturated rings. The molecule has 7 heteroatoms. The number of nitrogens with zero attached hydrogens (tertiary/aromatic N) is 2. The Kier molecular flexibility index (Phi) is 5.55. The van der Waals surface area contributed by atoms with E-state index in [1.807, 2.05) is 0 Å². The topological polar surface area (TPSA) is 62.3 Å². The molecular formula is C19H19F2N3O2. The van der Waals surface area contributed by atoms with Gasteiger partial charge in [-0.05, 0) is 43.0 Å². The van der Waals surface area contributed by atoms with Crippen LogP contribution in [0.1, 0.15) is 33.6 Å². The fourth-order valence-corrected chi connectivity index (χ4v) is 3.02. The van der Waals surface area contributed by atoms with Crippen molar-refractivity contribution in [3.8, 4) is 0 Å². The summed E-state index contributed by atoms with van der Waals surface area (Å²) in [5, 5.41) is 2.69. The number of piperidine rings is 1. The highest BCUT2D eigenvalue weighted by Crippen LogP contribution is 2.19. The van der Waals surface area contributed by atoms with Crippen LogP contribution in [0.25, 0.3) is 0 Å². The summed E-state index contributed by atoms with van der Waals surface area (Å²) in [5.74, 6) is -1.96. The first-order valence-electron chi connectivity index (χ1n) is 8.47. The number of likely N-dealkylation sites (tertiary alicyclic amines) is 1. The molecule has 0 saturated carbocycles. The highest BCUT2D eigenvalue weighted by Gasteiger charge is 2.24. The van der Waals surface area contributed by atoms with Gasteiger partial charge in [0.2, 0.25) is 0 Å². The lowest BCUT2D eigenvalue weighted by Gasteiger charge is -2.32. The zero-order valence-corrected chi connectivity index (χ0v) is 14.1. The van der Waals surface area contributed by atoms with Crippen molar-refractivity contribution in [1.82, 2.24) is 15.2 Å². The van der Waals surface area contributed by atoms with Gasteiger partial charge < -0.3 is 10.2 Å². The lowest BCUT2D eigenvalue weighted by atomic mass is 9.96. The quantitative estimate of drug-likeness (QED) is 0.913. The van der Waals surface area contributed by atoms with Gasteiger partial charge in [0.05, 0.1) is 5.56 Å². The molecule has 1 aromatic carbocycles. The van der Waals surface area contributed by atoms with Crippen molar-refractivity contribution in [2.45, 2.75) is 12.8 Å². The standard InChI is InChI=1S/C19H19F2N3O2/c20-15-1-2-16(17(21)11-15)18(25)23-12-13-5-9-24(10-6-13)19(26)14-3-7-22-8-4-14/h1-4,7-8,11,13H,5-6,9-10,12H2,(H,23,25). The molecule has 1 N–H and O–H groups in total. The number of hydrogen-bond acceptors (Lipinski definition) is 3. The van der Waals surface area contributed by atoms with Crippen LogP contribution in [0.15, 0.2) is 42.7 Å². The van der Waals surface area contributed by atoms with Crippen molar-refractivity contribution < 1.29 is 18.4 Å². The van der Waals surface area contributed by atoms with Gasteiger partial charge in [-0.3, -0.25) is 14.6 Å². The van der Waals surface area contributed by atoms with E-state index in [9.17, 15) is 18.4 Å². The molecule has 0 bridgehead atoms. The molecule has 5 nitrogen and oxygen atoms in total. The maximum absolute atomic E-state index is 13.6. The second-order valence-corrected chi connectivity index (χ2v) is 6.31. The number of aromatic nitrogens is 1. The number of nitrogens with one attached hydrogen (secondary N) is 1. The molecule has 26 heavy (non-hydrogen) atoms. The van der Waals surface area contributed by atoms with Crippen LogP contribution in [0, 0.1) is 17.6 Å². The van der Waals surface area contributed by atoms with E-state index in [1.54, 1.807) is 29.4 Å². The van der Waals surface area contributed by atoms with Gasteiger partial charge in [0.25, 0.3) is 11.8 Å². The Balaban J connectivity index is 1.48. The SMILES string of the molecule is O=C(NCC1CCN(C(=O)c2ccncc2)CC1)c1ccc(F)cc1F. The van der Waals surface area contributed by atoms with Crippen LogP contribution < -0.4 is 5.32 Å². The Labute approximate surface area is 150 Å². The number of amides is 2. The number of benzene rings is 1. The van der Waals surface area contributed by atoms with Gasteiger partial charge >= 0.3 is 0 Å². The molecule has 1 aliphatic rings. The van der Waals surface area contributed by atoms with E-state index in [0.29, 0.717) is 31.3 Å². The molecule has 2 aromatic rings. The summed E-state index contributed by atoms with van der Waals surface area (Å²) in [6.07, 6.45) is 4.68. The fraction of sp³-hybridized carbons (Fsp3) is 0.316. The first kappa shape index (κ1) is 18.0. The second-order valence-electron chi connectivity index (χ2n) is 6.31. The number of carbonyl (C=O) groups excluding carboxylic acids is 2. The molecule has 136 valence electrons. The predicted octanol–water partition coefficient (Wildman–Crippen LogP) is 2.64. The van der Waals surface area contributed by atoms with Crippen molar-refractivity contribution in [1.29, 1.82) is 0 Å². The van der Waals surface area contributed by atoms with Gasteiger partial charge in [0.15, 0.2) is 0 Å². The van der Waals surface area contributed by atoms with Crippen LogP contribution in [0.5, 0.6) is 0 Å². The van der Waals surface area contributed by atoms with Crippen LogP contribution in [0.2, 0.25) is 0 Å². The molecule has 0 unspecified atom stereocenters. The predicted molar refractivity (Wildman–Crippen MR) is 91.6 cm³/mol. The van der Waals surface area contributed by atoms with Crippen LogP contribution in [0.4, 0.5) is 8.78 Å². The normalized spacial score (nSPS) is 14.9.